The summed E-state index contributed by atoms with van der Waals surface area (Å²) in [6.45, 7) is 3.75. The van der Waals surface area contributed by atoms with Crippen molar-refractivity contribution in [2.75, 3.05) is 25.5 Å². The van der Waals surface area contributed by atoms with Crippen LogP contribution >= 0.6 is 0 Å². The van der Waals surface area contributed by atoms with Gasteiger partial charge in [0.15, 0.2) is 0 Å². The van der Waals surface area contributed by atoms with Crippen LogP contribution in [-0.4, -0.2) is 51.7 Å². The summed E-state index contributed by atoms with van der Waals surface area (Å²) < 4.78 is 7.34. The van der Waals surface area contributed by atoms with Crippen molar-refractivity contribution in [3.8, 4) is 5.75 Å². The number of fused-ring (bicyclic) bond motifs is 2. The molecule has 2 amide bonds. The first-order chi connectivity index (χ1) is 12.6. The van der Waals surface area contributed by atoms with Crippen molar-refractivity contribution < 1.29 is 14.3 Å². The molecular formula is C18H21N5O3. The van der Waals surface area contributed by atoms with Crippen LogP contribution in [-0.2, 0) is 22.6 Å². The highest BCUT2D eigenvalue weighted by atomic mass is 16.5. The molecule has 0 spiro atoms. The number of hydrogen-bond acceptors (Lipinski definition) is 5. The number of nitrogens with zero attached hydrogens (tertiary/aromatic N) is 4. The number of hydrogen-bond donors (Lipinski definition) is 1. The molecule has 0 aliphatic carbocycles. The second-order valence-corrected chi connectivity index (χ2v) is 6.65. The molecule has 2 aliphatic rings. The molecule has 3 heterocycles. The van der Waals surface area contributed by atoms with Crippen LogP contribution in [0, 0.1) is 6.92 Å². The van der Waals surface area contributed by atoms with E-state index in [1.807, 2.05) is 17.9 Å². The summed E-state index contributed by atoms with van der Waals surface area (Å²) in [4.78, 5) is 27.2. The topological polar surface area (TPSA) is 89.3 Å². The molecule has 1 unspecified atom stereocenters. The first-order valence-electron chi connectivity index (χ1n) is 8.72. The number of anilines is 1. The number of nitrogens with one attached hydrogen (secondary N) is 1. The smallest absolute Gasteiger partial charge is 0.230 e. The van der Waals surface area contributed by atoms with E-state index in [0.717, 1.165) is 17.2 Å². The Labute approximate surface area is 151 Å². The van der Waals surface area contributed by atoms with E-state index in [0.29, 0.717) is 37.5 Å². The Morgan fingerprint density at radius 3 is 2.92 bits per heavy atom. The van der Waals surface area contributed by atoms with E-state index in [4.69, 9.17) is 4.74 Å². The van der Waals surface area contributed by atoms with Crippen LogP contribution in [0.3, 0.4) is 0 Å². The van der Waals surface area contributed by atoms with E-state index >= 15 is 0 Å². The van der Waals surface area contributed by atoms with Crippen LogP contribution in [0.1, 0.15) is 29.6 Å². The molecule has 4 rings (SSSR count). The van der Waals surface area contributed by atoms with E-state index in [2.05, 4.69) is 20.1 Å². The van der Waals surface area contributed by atoms with Gasteiger partial charge in [0.1, 0.15) is 17.4 Å². The highest BCUT2D eigenvalue weighted by molar-refractivity contribution is 6.01. The molecule has 0 radical (unpaired) electrons. The van der Waals surface area contributed by atoms with Crippen LogP contribution in [0.5, 0.6) is 5.75 Å². The SMILES string of the molecule is COc1ccc2c(c1)C(C(=O)N1CCc3nnc(C)n3CC1)CC(=O)N2. The lowest BCUT2D eigenvalue weighted by Gasteiger charge is -2.30. The molecule has 0 saturated heterocycles. The van der Waals surface area contributed by atoms with Crippen molar-refractivity contribution in [2.24, 2.45) is 0 Å². The number of amides is 2. The van der Waals surface area contributed by atoms with Crippen molar-refractivity contribution in [3.63, 3.8) is 0 Å². The molecule has 2 aliphatic heterocycles. The second kappa shape index (κ2) is 6.44. The molecule has 2 aromatic rings. The van der Waals surface area contributed by atoms with Gasteiger partial charge in [-0.2, -0.15) is 0 Å². The predicted molar refractivity (Wildman–Crippen MR) is 94.0 cm³/mol. The lowest BCUT2D eigenvalue weighted by molar-refractivity contribution is -0.135. The van der Waals surface area contributed by atoms with Crippen molar-refractivity contribution >= 4 is 17.5 Å². The van der Waals surface area contributed by atoms with Gasteiger partial charge in [-0.25, -0.2) is 0 Å². The molecule has 0 bridgehead atoms. The van der Waals surface area contributed by atoms with E-state index < -0.39 is 5.92 Å². The molecule has 1 aromatic carbocycles. The Hall–Kier alpha value is -2.90. The number of aromatic nitrogens is 3. The average Bonchev–Trinajstić information content (AvgIpc) is 2.87. The summed E-state index contributed by atoms with van der Waals surface area (Å²) in [6.07, 6.45) is 0.817. The second-order valence-electron chi connectivity index (χ2n) is 6.65. The molecule has 136 valence electrons. The quantitative estimate of drug-likeness (QED) is 0.872. The Bertz CT molecular complexity index is 876. The third kappa shape index (κ3) is 2.81. The summed E-state index contributed by atoms with van der Waals surface area (Å²) >= 11 is 0. The fraction of sp³-hybridized carbons (Fsp3) is 0.444. The van der Waals surface area contributed by atoms with Gasteiger partial charge in [0.05, 0.1) is 13.0 Å². The molecule has 0 saturated carbocycles. The molecule has 8 heteroatoms. The summed E-state index contributed by atoms with van der Waals surface area (Å²) in [5, 5.41) is 11.1. The number of carbonyl (C=O) groups is 2. The zero-order valence-electron chi connectivity index (χ0n) is 14.9. The molecule has 0 fully saturated rings. The average molecular weight is 355 g/mol. The summed E-state index contributed by atoms with van der Waals surface area (Å²) in [7, 11) is 1.59. The van der Waals surface area contributed by atoms with E-state index in [1.54, 1.807) is 19.2 Å². The largest absolute Gasteiger partial charge is 0.497 e. The predicted octanol–water partition coefficient (Wildman–Crippen LogP) is 1.11. The monoisotopic (exact) mass is 355 g/mol. The summed E-state index contributed by atoms with van der Waals surface area (Å²) in [6, 6.07) is 5.42. The molecule has 8 nitrogen and oxygen atoms in total. The molecule has 1 N–H and O–H groups in total. The summed E-state index contributed by atoms with van der Waals surface area (Å²) in [5.41, 5.74) is 1.50. The number of ether oxygens (including phenoxy) is 1. The minimum atomic E-state index is -0.488. The van der Waals surface area contributed by atoms with Gasteiger partial charge in [-0.05, 0) is 30.7 Å². The normalized spacial score (nSPS) is 19.2. The third-order valence-corrected chi connectivity index (χ3v) is 5.12. The van der Waals surface area contributed by atoms with Crippen molar-refractivity contribution in [2.45, 2.75) is 32.2 Å². The fourth-order valence-corrected chi connectivity index (χ4v) is 3.70. The van der Waals surface area contributed by atoms with Crippen molar-refractivity contribution in [1.29, 1.82) is 0 Å². The first kappa shape index (κ1) is 16.6. The van der Waals surface area contributed by atoms with Crippen molar-refractivity contribution in [3.05, 3.63) is 35.4 Å². The van der Waals surface area contributed by atoms with Gasteiger partial charge in [0, 0.05) is 38.2 Å². The van der Waals surface area contributed by atoms with E-state index in [-0.39, 0.29) is 18.2 Å². The van der Waals surface area contributed by atoms with Gasteiger partial charge in [-0.3, -0.25) is 9.59 Å². The molecule has 1 aromatic heterocycles. The van der Waals surface area contributed by atoms with Crippen LogP contribution in [0.15, 0.2) is 18.2 Å². The van der Waals surface area contributed by atoms with E-state index in [1.165, 1.54) is 0 Å². The fourth-order valence-electron chi connectivity index (χ4n) is 3.70. The number of benzene rings is 1. The molecular weight excluding hydrogens is 334 g/mol. The lowest BCUT2D eigenvalue weighted by Crippen LogP contribution is -2.40. The van der Waals surface area contributed by atoms with Crippen LogP contribution < -0.4 is 10.1 Å². The van der Waals surface area contributed by atoms with Gasteiger partial charge < -0.3 is 19.5 Å². The number of carbonyl (C=O) groups excluding carboxylic acids is 2. The number of methoxy groups -OCH3 is 1. The molecule has 26 heavy (non-hydrogen) atoms. The van der Waals surface area contributed by atoms with E-state index in [9.17, 15) is 9.59 Å². The maximum atomic E-state index is 13.2. The maximum Gasteiger partial charge on any atom is 0.230 e. The van der Waals surface area contributed by atoms with Crippen LogP contribution in [0.4, 0.5) is 5.69 Å². The van der Waals surface area contributed by atoms with Gasteiger partial charge in [0.2, 0.25) is 11.8 Å². The Kier molecular flexibility index (Phi) is 4.10. The Morgan fingerprint density at radius 2 is 2.12 bits per heavy atom. The lowest BCUT2D eigenvalue weighted by atomic mass is 9.89. The Balaban J connectivity index is 1.60. The Morgan fingerprint density at radius 1 is 1.27 bits per heavy atom. The third-order valence-electron chi connectivity index (χ3n) is 5.12. The van der Waals surface area contributed by atoms with Crippen LogP contribution in [0.25, 0.3) is 0 Å². The highest BCUT2D eigenvalue weighted by Crippen LogP contribution is 2.36. The van der Waals surface area contributed by atoms with Crippen LogP contribution in [0.2, 0.25) is 0 Å². The zero-order valence-corrected chi connectivity index (χ0v) is 14.9. The molecule has 1 atom stereocenters. The standard InChI is InChI=1S/C18H21N5O3/c1-11-20-21-16-5-6-22(7-8-23(11)16)18(25)14-10-17(24)19-15-4-3-12(26-2)9-13(14)15/h3-4,9,14H,5-8,10H2,1-2H3,(H,19,24). The minimum absolute atomic E-state index is 0.0225. The van der Waals surface area contributed by atoms with Gasteiger partial charge >= 0.3 is 0 Å². The number of aryl methyl sites for hydroxylation is 1. The number of rotatable bonds is 2. The maximum absolute atomic E-state index is 13.2. The van der Waals surface area contributed by atoms with Gasteiger partial charge in [0.25, 0.3) is 0 Å². The van der Waals surface area contributed by atoms with Gasteiger partial charge in [-0.15, -0.1) is 10.2 Å². The summed E-state index contributed by atoms with van der Waals surface area (Å²) in [5.74, 6) is 1.80. The van der Waals surface area contributed by atoms with Gasteiger partial charge in [-0.1, -0.05) is 0 Å². The highest BCUT2D eigenvalue weighted by Gasteiger charge is 2.34. The minimum Gasteiger partial charge on any atom is -0.497 e. The van der Waals surface area contributed by atoms with Crippen molar-refractivity contribution in [1.82, 2.24) is 19.7 Å². The first-order valence-corrected chi connectivity index (χ1v) is 8.72. The zero-order chi connectivity index (χ0) is 18.3.